The van der Waals surface area contributed by atoms with E-state index in [4.69, 9.17) is 14.5 Å². The molecule has 192 valence electrons. The van der Waals surface area contributed by atoms with Crippen LogP contribution in [-0.2, 0) is 19.6 Å². The molecular weight excluding hydrogens is 458 g/mol. The summed E-state index contributed by atoms with van der Waals surface area (Å²) in [6.07, 6.45) is 3.34. The van der Waals surface area contributed by atoms with E-state index in [1.807, 2.05) is 6.07 Å². The average Bonchev–Trinajstić information content (AvgIpc) is 3.30. The summed E-state index contributed by atoms with van der Waals surface area (Å²) in [6, 6.07) is 27.6. The number of benzene rings is 3. The molecule has 0 aliphatic carbocycles. The van der Waals surface area contributed by atoms with E-state index >= 15 is 0 Å². The molecule has 4 aromatic rings. The van der Waals surface area contributed by atoms with E-state index in [2.05, 4.69) is 96.1 Å². The molecule has 0 unspecified atom stereocenters. The molecule has 1 aliphatic heterocycles. The van der Waals surface area contributed by atoms with E-state index in [-0.39, 0.29) is 0 Å². The highest BCUT2D eigenvalue weighted by Crippen LogP contribution is 2.33. The summed E-state index contributed by atoms with van der Waals surface area (Å²) in [6.45, 7) is 9.36. The fourth-order valence-electron chi connectivity index (χ4n) is 5.02. The zero-order valence-corrected chi connectivity index (χ0v) is 22.0. The third-order valence-electron chi connectivity index (χ3n) is 6.81. The van der Waals surface area contributed by atoms with Crippen LogP contribution in [0.4, 0.5) is 0 Å². The van der Waals surface area contributed by atoms with Crippen molar-refractivity contribution in [3.8, 4) is 34.1 Å². The number of unbranched alkanes of at least 4 members (excludes halogenated alkanes) is 1. The van der Waals surface area contributed by atoms with Crippen molar-refractivity contribution in [2.45, 2.75) is 52.7 Å². The van der Waals surface area contributed by atoms with E-state index < -0.39 is 0 Å². The Morgan fingerprint density at radius 2 is 1.49 bits per heavy atom. The van der Waals surface area contributed by atoms with Crippen LogP contribution in [0.2, 0.25) is 0 Å². The monoisotopic (exact) mass is 495 g/mol. The number of aromatic nitrogens is 2. The predicted molar refractivity (Wildman–Crippen MR) is 150 cm³/mol. The second kappa shape index (κ2) is 12.1. The van der Waals surface area contributed by atoms with Gasteiger partial charge >= 0.3 is 0 Å². The van der Waals surface area contributed by atoms with Gasteiger partial charge in [-0.15, -0.1) is 0 Å². The first-order valence-electron chi connectivity index (χ1n) is 13.6. The van der Waals surface area contributed by atoms with Gasteiger partial charge in [0.2, 0.25) is 0 Å². The van der Waals surface area contributed by atoms with Crippen LogP contribution in [0.3, 0.4) is 0 Å². The van der Waals surface area contributed by atoms with Crippen LogP contribution in [0.1, 0.15) is 44.4 Å². The molecule has 5 nitrogen and oxygen atoms in total. The van der Waals surface area contributed by atoms with Crippen molar-refractivity contribution in [3.63, 3.8) is 0 Å². The Balaban J connectivity index is 1.54. The van der Waals surface area contributed by atoms with Gasteiger partial charge in [0.25, 0.3) is 0 Å². The zero-order chi connectivity index (χ0) is 25.5. The highest BCUT2D eigenvalue weighted by molar-refractivity contribution is 5.68. The molecule has 0 spiro atoms. The maximum atomic E-state index is 5.86. The maximum absolute atomic E-state index is 5.86. The lowest BCUT2D eigenvalue weighted by Crippen LogP contribution is -2.26. The van der Waals surface area contributed by atoms with Gasteiger partial charge in [0.1, 0.15) is 19.0 Å². The Bertz CT molecular complexity index is 1280. The summed E-state index contributed by atoms with van der Waals surface area (Å²) in [4.78, 5) is 7.82. The van der Waals surface area contributed by atoms with Crippen LogP contribution < -0.4 is 9.47 Å². The Labute approximate surface area is 220 Å². The van der Waals surface area contributed by atoms with Crippen molar-refractivity contribution in [2.24, 2.45) is 0 Å². The zero-order valence-electron chi connectivity index (χ0n) is 22.0. The highest BCUT2D eigenvalue weighted by atomic mass is 16.6. The van der Waals surface area contributed by atoms with E-state index in [0.29, 0.717) is 13.2 Å². The van der Waals surface area contributed by atoms with Gasteiger partial charge in [-0.2, -0.15) is 0 Å². The second-order valence-electron chi connectivity index (χ2n) is 9.66. The number of hydrogen-bond donors (Lipinski definition) is 0. The van der Waals surface area contributed by atoms with Gasteiger partial charge < -0.3 is 14.0 Å². The first-order valence-corrected chi connectivity index (χ1v) is 13.6. The van der Waals surface area contributed by atoms with E-state index in [1.54, 1.807) is 0 Å². The van der Waals surface area contributed by atoms with Crippen molar-refractivity contribution in [2.75, 3.05) is 19.8 Å². The molecule has 0 atom stereocenters. The lowest BCUT2D eigenvalue weighted by Gasteiger charge is -2.25. The predicted octanol–water partition coefficient (Wildman–Crippen LogP) is 7.20. The molecule has 0 radical (unpaired) electrons. The molecule has 1 aromatic heterocycles. The van der Waals surface area contributed by atoms with Crippen molar-refractivity contribution >= 4 is 0 Å². The molecule has 0 bridgehead atoms. The van der Waals surface area contributed by atoms with E-state index in [1.165, 1.54) is 16.8 Å². The van der Waals surface area contributed by atoms with Crippen molar-refractivity contribution < 1.29 is 9.47 Å². The van der Waals surface area contributed by atoms with Gasteiger partial charge in [0.05, 0.1) is 11.4 Å². The summed E-state index contributed by atoms with van der Waals surface area (Å²) in [5, 5.41) is 0. The Morgan fingerprint density at radius 3 is 2.19 bits per heavy atom. The minimum Gasteiger partial charge on any atom is -0.486 e. The third-order valence-corrected chi connectivity index (χ3v) is 6.81. The van der Waals surface area contributed by atoms with Crippen LogP contribution in [-0.4, -0.2) is 34.2 Å². The Kier molecular flexibility index (Phi) is 8.21. The molecular formula is C32H37N3O2. The van der Waals surface area contributed by atoms with Crippen LogP contribution in [0.25, 0.3) is 22.6 Å². The third kappa shape index (κ3) is 5.89. The van der Waals surface area contributed by atoms with Crippen LogP contribution in [0.5, 0.6) is 11.5 Å². The molecule has 2 heterocycles. The topological polar surface area (TPSA) is 39.5 Å². The molecule has 3 aromatic carbocycles. The molecule has 0 saturated carbocycles. The molecule has 5 heteroatoms. The minimum absolute atomic E-state index is 0.606. The largest absolute Gasteiger partial charge is 0.486 e. The molecule has 0 amide bonds. The highest BCUT2D eigenvalue weighted by Gasteiger charge is 2.22. The average molecular weight is 496 g/mol. The molecule has 1 aliphatic rings. The Hall–Kier alpha value is -3.57. The summed E-state index contributed by atoms with van der Waals surface area (Å²) >= 11 is 0. The lowest BCUT2D eigenvalue weighted by molar-refractivity contribution is 0.171. The fraction of sp³-hybridized carbons (Fsp3) is 0.344. The van der Waals surface area contributed by atoms with Crippen LogP contribution >= 0.6 is 0 Å². The Morgan fingerprint density at radius 1 is 0.784 bits per heavy atom. The number of hydrogen-bond acceptors (Lipinski definition) is 4. The first kappa shape index (κ1) is 25.1. The maximum Gasteiger partial charge on any atom is 0.161 e. The van der Waals surface area contributed by atoms with Crippen molar-refractivity contribution in [3.05, 3.63) is 90.1 Å². The number of imidazole rings is 1. The summed E-state index contributed by atoms with van der Waals surface area (Å²) in [7, 11) is 0. The lowest BCUT2D eigenvalue weighted by atomic mass is 10.1. The van der Waals surface area contributed by atoms with Crippen LogP contribution in [0, 0.1) is 0 Å². The molecule has 37 heavy (non-hydrogen) atoms. The number of fused-ring (bicyclic) bond motifs is 1. The number of rotatable bonds is 11. The number of ether oxygens (including phenoxy) is 2. The molecule has 0 N–H and O–H groups in total. The van der Waals surface area contributed by atoms with Crippen molar-refractivity contribution in [1.29, 1.82) is 0 Å². The smallest absolute Gasteiger partial charge is 0.161 e. The minimum atomic E-state index is 0.606. The van der Waals surface area contributed by atoms with Gasteiger partial charge in [-0.1, -0.05) is 87.0 Å². The van der Waals surface area contributed by atoms with Gasteiger partial charge in [-0.05, 0) is 37.1 Å². The fourth-order valence-corrected chi connectivity index (χ4v) is 5.02. The van der Waals surface area contributed by atoms with Crippen LogP contribution in [0.15, 0.2) is 78.9 Å². The van der Waals surface area contributed by atoms with Gasteiger partial charge in [0, 0.05) is 30.8 Å². The quantitative estimate of drug-likeness (QED) is 0.221. The summed E-state index contributed by atoms with van der Waals surface area (Å²) in [5.41, 5.74) is 5.93. The number of nitrogens with zero attached hydrogens (tertiary/aromatic N) is 3. The van der Waals surface area contributed by atoms with Crippen molar-refractivity contribution in [1.82, 2.24) is 14.5 Å². The van der Waals surface area contributed by atoms with Gasteiger partial charge in [-0.25, -0.2) is 4.98 Å². The summed E-state index contributed by atoms with van der Waals surface area (Å²) < 4.78 is 14.1. The summed E-state index contributed by atoms with van der Waals surface area (Å²) in [5.74, 6) is 2.75. The SMILES string of the molecule is CCCCn1c(-c2ccccc2)nc(-c2ccccc2)c1CN(CCC)Cc1ccc2c(c1)OCCO2. The molecule has 5 rings (SSSR count). The normalized spacial score (nSPS) is 12.7. The first-order chi connectivity index (χ1) is 18.3. The molecule has 0 saturated heterocycles. The standard InChI is InChI=1S/C32H37N3O2/c1-3-5-19-35-28(24-34(18-4-2)23-25-16-17-29-30(22-25)37-21-20-36-29)31(26-12-8-6-9-13-26)33-32(35)27-14-10-7-11-15-27/h6-17,22H,3-5,18-21,23-24H2,1-2H3. The second-order valence-corrected chi connectivity index (χ2v) is 9.66. The van der Waals surface area contributed by atoms with Gasteiger partial charge in [-0.3, -0.25) is 4.90 Å². The van der Waals surface area contributed by atoms with E-state index in [0.717, 1.165) is 74.0 Å². The van der Waals surface area contributed by atoms with Gasteiger partial charge in [0.15, 0.2) is 11.5 Å². The molecule has 0 fully saturated rings. The van der Waals surface area contributed by atoms with E-state index in [9.17, 15) is 0 Å².